The van der Waals surface area contributed by atoms with Gasteiger partial charge in [0.2, 0.25) is 9.84 Å². The maximum atomic E-state index is 15.0. The van der Waals surface area contributed by atoms with Gasteiger partial charge in [0.05, 0.1) is 15.4 Å². The van der Waals surface area contributed by atoms with Gasteiger partial charge in [0.25, 0.3) is 0 Å². The van der Waals surface area contributed by atoms with Gasteiger partial charge in [0.15, 0.2) is 5.78 Å². The van der Waals surface area contributed by atoms with Gasteiger partial charge >= 0.3 is 6.09 Å². The van der Waals surface area contributed by atoms with Crippen LogP contribution in [0.1, 0.15) is 79.4 Å². The average Bonchev–Trinajstić information content (AvgIpc) is 3.04. The smallest absolute Gasteiger partial charge is 0.407 e. The molecule has 1 atom stereocenters. The number of carbonyl (C=O) groups excluding carboxylic acids is 2. The number of rotatable bonds is 6. The summed E-state index contributed by atoms with van der Waals surface area (Å²) in [5.74, 6) is -1.21. The predicted octanol–water partition coefficient (Wildman–Crippen LogP) is 9.10. The van der Waals surface area contributed by atoms with E-state index in [4.69, 9.17) is 4.74 Å². The van der Waals surface area contributed by atoms with Crippen molar-refractivity contribution >= 4 is 33.5 Å². The molecule has 0 heterocycles. The summed E-state index contributed by atoms with van der Waals surface area (Å²) in [6.45, 7) is 5.56. The third-order valence-corrected chi connectivity index (χ3v) is 10.8. The number of amides is 1. The van der Waals surface area contributed by atoms with E-state index in [0.717, 1.165) is 40.7 Å². The van der Waals surface area contributed by atoms with Gasteiger partial charge in [0, 0.05) is 28.7 Å². The molecule has 252 valence electrons. The van der Waals surface area contributed by atoms with E-state index in [9.17, 15) is 22.4 Å². The largest absolute Gasteiger partial charge is 0.444 e. The van der Waals surface area contributed by atoms with Gasteiger partial charge in [-0.3, -0.25) is 4.79 Å². The topological polar surface area (TPSA) is 89.5 Å². The van der Waals surface area contributed by atoms with Crippen LogP contribution in [0.2, 0.25) is 0 Å². The molecule has 0 saturated carbocycles. The van der Waals surface area contributed by atoms with Crippen molar-refractivity contribution in [3.05, 3.63) is 119 Å². The van der Waals surface area contributed by atoms with E-state index in [-0.39, 0.29) is 33.9 Å². The van der Waals surface area contributed by atoms with Crippen molar-refractivity contribution in [3.63, 3.8) is 0 Å². The van der Waals surface area contributed by atoms with Gasteiger partial charge in [-0.25, -0.2) is 22.0 Å². The number of ether oxygens (including phenoxy) is 1. The number of fused-ring (bicyclic) bond motifs is 2. The van der Waals surface area contributed by atoms with Crippen LogP contribution in [-0.4, -0.2) is 32.4 Å². The summed E-state index contributed by atoms with van der Waals surface area (Å²) in [7, 11) is -3.79. The van der Waals surface area contributed by atoms with Crippen LogP contribution in [0.3, 0.4) is 0 Å². The summed E-state index contributed by atoms with van der Waals surface area (Å²) in [5, 5.41) is 2.70. The fourth-order valence-corrected chi connectivity index (χ4v) is 8.28. The highest BCUT2D eigenvalue weighted by Gasteiger charge is 2.29. The minimum absolute atomic E-state index is 0.0410. The van der Waals surface area contributed by atoms with Gasteiger partial charge in [-0.15, -0.1) is 0 Å². The molecule has 6 rings (SSSR count). The van der Waals surface area contributed by atoms with Crippen LogP contribution in [0.15, 0.2) is 105 Å². The number of carbonyl (C=O) groups is 2. The van der Waals surface area contributed by atoms with Crippen molar-refractivity contribution < 1.29 is 31.5 Å². The quantitative estimate of drug-likeness (QED) is 0.217. The Morgan fingerprint density at radius 1 is 0.833 bits per heavy atom. The van der Waals surface area contributed by atoms with Crippen LogP contribution in [0.4, 0.5) is 13.6 Å². The molecule has 0 saturated heterocycles. The molecule has 0 fully saturated rings. The van der Waals surface area contributed by atoms with Crippen LogP contribution < -0.4 is 5.32 Å². The number of ketones is 1. The summed E-state index contributed by atoms with van der Waals surface area (Å²) in [5.41, 5.74) is 1.72. The molecular formula is C38H39F2NO5S2. The van der Waals surface area contributed by atoms with Crippen molar-refractivity contribution in [1.82, 2.24) is 5.32 Å². The summed E-state index contributed by atoms with van der Waals surface area (Å²) in [4.78, 5) is 25.7. The number of aryl methyl sites for hydroxylation is 2. The molecule has 0 bridgehead atoms. The first-order chi connectivity index (χ1) is 22.8. The highest BCUT2D eigenvalue weighted by atomic mass is 32.2. The molecule has 0 unspecified atom stereocenters. The third kappa shape index (κ3) is 8.71. The predicted molar refractivity (Wildman–Crippen MR) is 182 cm³/mol. The Morgan fingerprint density at radius 3 is 2.19 bits per heavy atom. The number of halogens is 2. The van der Waals surface area contributed by atoms with Crippen molar-refractivity contribution in [2.24, 2.45) is 0 Å². The SMILES string of the molecule is CC(C)(C)OC(=O)NC[C@@H]1CCCc2cc(S(=O)(=O)c3ccccc3)cc(F)c21.O=C1CCCc2cc(Sc3ccccc3)cc(F)c21. The Labute approximate surface area is 285 Å². The van der Waals surface area contributed by atoms with Crippen molar-refractivity contribution in [3.8, 4) is 0 Å². The van der Waals surface area contributed by atoms with E-state index >= 15 is 4.39 Å². The van der Waals surface area contributed by atoms with E-state index < -0.39 is 27.3 Å². The maximum absolute atomic E-state index is 15.0. The molecular weight excluding hydrogens is 653 g/mol. The normalized spacial score (nSPS) is 15.8. The number of hydrogen-bond acceptors (Lipinski definition) is 6. The summed E-state index contributed by atoms with van der Waals surface area (Å²) in [6.07, 6.45) is 3.65. The molecule has 0 aromatic heterocycles. The van der Waals surface area contributed by atoms with Gasteiger partial charge in [-0.05, 0) is 118 Å². The van der Waals surface area contributed by atoms with Gasteiger partial charge < -0.3 is 10.1 Å². The van der Waals surface area contributed by atoms with Crippen LogP contribution in [0.25, 0.3) is 0 Å². The van der Waals surface area contributed by atoms with Crippen molar-refractivity contribution in [2.45, 2.75) is 90.4 Å². The minimum Gasteiger partial charge on any atom is -0.444 e. The zero-order chi connectivity index (χ0) is 34.5. The number of Topliss-reactive ketones (excluding diaryl/α,β-unsaturated/α-hetero) is 1. The first-order valence-electron chi connectivity index (χ1n) is 16.0. The number of sulfone groups is 1. The van der Waals surface area contributed by atoms with Crippen LogP contribution >= 0.6 is 11.8 Å². The molecule has 1 N–H and O–H groups in total. The molecule has 4 aromatic carbocycles. The average molecular weight is 692 g/mol. The van der Waals surface area contributed by atoms with Crippen LogP contribution in [-0.2, 0) is 27.4 Å². The molecule has 6 nitrogen and oxygen atoms in total. The molecule has 0 spiro atoms. The summed E-state index contributed by atoms with van der Waals surface area (Å²) in [6, 6.07) is 24.0. The molecule has 0 radical (unpaired) electrons. The first-order valence-corrected chi connectivity index (χ1v) is 18.3. The zero-order valence-corrected chi connectivity index (χ0v) is 28.9. The zero-order valence-electron chi connectivity index (χ0n) is 27.2. The second kappa shape index (κ2) is 15.0. The molecule has 0 aliphatic heterocycles. The molecule has 48 heavy (non-hydrogen) atoms. The Kier molecular flexibility index (Phi) is 11.1. The number of benzene rings is 4. The van der Waals surface area contributed by atoms with Gasteiger partial charge in [-0.1, -0.05) is 48.2 Å². The molecule has 2 aliphatic carbocycles. The lowest BCUT2D eigenvalue weighted by atomic mass is 9.82. The molecule has 10 heteroatoms. The summed E-state index contributed by atoms with van der Waals surface area (Å²) >= 11 is 1.52. The molecule has 4 aromatic rings. The Bertz CT molecular complexity index is 1890. The monoisotopic (exact) mass is 691 g/mol. The standard InChI is InChI=1S/C22H26FNO4S.C16H13FOS/c1-22(2,3)28-21(25)24-14-16-9-7-8-15-12-18(13-19(23)20(15)16)29(26,27)17-10-5-4-6-11-17;17-14-10-13(19-12-6-2-1-3-7-12)9-11-5-4-8-15(18)16(11)14/h4-6,10-13,16H,7-9,14H2,1-3H3,(H,24,25);1-3,6-7,9-10H,4-5,8H2/t16-;/m0./s1. The Hall–Kier alpha value is -4.02. The number of nitrogens with one attached hydrogen (secondary N) is 1. The van der Waals surface area contributed by atoms with E-state index in [2.05, 4.69) is 5.32 Å². The first kappa shape index (κ1) is 35.3. The number of hydrogen-bond donors (Lipinski definition) is 1. The van der Waals surface area contributed by atoms with E-state index in [1.54, 1.807) is 45.0 Å². The second-order valence-electron chi connectivity index (χ2n) is 12.9. The highest BCUT2D eigenvalue weighted by Crippen LogP contribution is 2.36. The van der Waals surface area contributed by atoms with Gasteiger partial charge in [0.1, 0.15) is 17.2 Å². The van der Waals surface area contributed by atoms with E-state index in [0.29, 0.717) is 36.0 Å². The van der Waals surface area contributed by atoms with Crippen molar-refractivity contribution in [2.75, 3.05) is 6.54 Å². The third-order valence-electron chi connectivity index (χ3n) is 8.10. The Balaban J connectivity index is 0.000000204. The maximum Gasteiger partial charge on any atom is 0.407 e. The lowest BCUT2D eigenvalue weighted by Crippen LogP contribution is -2.35. The van der Waals surface area contributed by atoms with Crippen molar-refractivity contribution in [1.29, 1.82) is 0 Å². The fraction of sp³-hybridized carbons (Fsp3) is 0.316. The lowest BCUT2D eigenvalue weighted by Gasteiger charge is -2.27. The van der Waals surface area contributed by atoms with Crippen LogP contribution in [0, 0.1) is 11.6 Å². The Morgan fingerprint density at radius 2 is 1.50 bits per heavy atom. The number of alkyl carbamates (subject to hydrolysis) is 1. The van der Waals surface area contributed by atoms with E-state index in [1.807, 2.05) is 36.4 Å². The lowest BCUT2D eigenvalue weighted by molar-refractivity contribution is 0.0523. The minimum atomic E-state index is -3.79. The highest BCUT2D eigenvalue weighted by molar-refractivity contribution is 7.99. The molecule has 2 aliphatic rings. The van der Waals surface area contributed by atoms with Crippen LogP contribution in [0.5, 0.6) is 0 Å². The fourth-order valence-electron chi connectivity index (χ4n) is 6.00. The van der Waals surface area contributed by atoms with E-state index in [1.165, 1.54) is 30.0 Å². The second-order valence-corrected chi connectivity index (χ2v) is 16.0. The molecule has 1 amide bonds. The summed E-state index contributed by atoms with van der Waals surface area (Å²) < 4.78 is 60.0. The van der Waals surface area contributed by atoms with Gasteiger partial charge in [-0.2, -0.15) is 0 Å².